The number of rotatable bonds is 6. The van der Waals surface area contributed by atoms with Crippen LogP contribution in [0.1, 0.15) is 56.1 Å². The summed E-state index contributed by atoms with van der Waals surface area (Å²) in [5.74, 6) is 2.64. The molecule has 4 saturated carbocycles. The Morgan fingerprint density at radius 3 is 2.44 bits per heavy atom. The third kappa shape index (κ3) is 3.38. The monoisotopic (exact) mass is 448 g/mol. The van der Waals surface area contributed by atoms with Gasteiger partial charge in [0.25, 0.3) is 0 Å². The highest BCUT2D eigenvalue weighted by Crippen LogP contribution is 2.60. The van der Waals surface area contributed by atoms with Crippen LogP contribution in [0.25, 0.3) is 10.2 Å². The van der Waals surface area contributed by atoms with Crippen LogP contribution in [0.2, 0.25) is 0 Å². The summed E-state index contributed by atoms with van der Waals surface area (Å²) in [5.41, 5.74) is 3.35. The van der Waals surface area contributed by atoms with Gasteiger partial charge in [-0.3, -0.25) is 9.69 Å². The zero-order valence-corrected chi connectivity index (χ0v) is 19.9. The molecule has 1 aromatic carbocycles. The summed E-state index contributed by atoms with van der Waals surface area (Å²) in [4.78, 5) is 25.6. The Hall–Kier alpha value is -2.21. The van der Waals surface area contributed by atoms with Crippen LogP contribution in [0.4, 0.5) is 5.13 Å². The number of imidazole rings is 1. The molecule has 2 heterocycles. The van der Waals surface area contributed by atoms with E-state index in [1.807, 2.05) is 18.7 Å². The molecule has 3 aromatic rings. The van der Waals surface area contributed by atoms with Gasteiger partial charge in [-0.2, -0.15) is 0 Å². The number of carbonyl (C=O) groups excluding carboxylic acids is 1. The second-order valence-corrected chi connectivity index (χ2v) is 11.7. The van der Waals surface area contributed by atoms with Gasteiger partial charge in [0.05, 0.1) is 22.0 Å². The van der Waals surface area contributed by atoms with Crippen molar-refractivity contribution in [2.24, 2.45) is 23.2 Å². The second kappa shape index (κ2) is 7.68. The molecule has 0 radical (unpaired) electrons. The van der Waals surface area contributed by atoms with Crippen molar-refractivity contribution < 1.29 is 4.79 Å². The fraction of sp³-hybridized carbons (Fsp3) is 0.577. The normalized spacial score (nSPS) is 28.5. The van der Waals surface area contributed by atoms with E-state index in [4.69, 9.17) is 4.98 Å². The largest absolute Gasteiger partial charge is 0.337 e. The maximum atomic E-state index is 14.3. The van der Waals surface area contributed by atoms with Gasteiger partial charge in [0, 0.05) is 25.5 Å². The fourth-order valence-electron chi connectivity index (χ4n) is 7.14. The molecule has 4 aliphatic carbocycles. The molecule has 0 spiro atoms. The van der Waals surface area contributed by atoms with Gasteiger partial charge in [-0.05, 0) is 87.7 Å². The average molecular weight is 449 g/mol. The van der Waals surface area contributed by atoms with E-state index in [0.717, 1.165) is 67.2 Å². The first-order chi connectivity index (χ1) is 15.5. The predicted molar refractivity (Wildman–Crippen MR) is 129 cm³/mol. The van der Waals surface area contributed by atoms with Crippen LogP contribution in [0.15, 0.2) is 30.9 Å². The van der Waals surface area contributed by atoms with Crippen molar-refractivity contribution in [2.45, 2.75) is 65.3 Å². The van der Waals surface area contributed by atoms with Crippen molar-refractivity contribution in [1.29, 1.82) is 0 Å². The first-order valence-electron chi connectivity index (χ1n) is 12.2. The molecule has 4 aliphatic rings. The standard InChI is InChI=1S/C26H32N4OS/c1-17-4-5-18(2)23-22(17)28-25(32-23)30(8-3-7-29-9-6-27-16-29)24(31)26-13-19-10-20(14-26)12-21(11-19)15-26/h4-6,9,16,19-21H,3,7-8,10-15H2,1-2H3. The highest BCUT2D eigenvalue weighted by Gasteiger charge is 2.56. The first kappa shape index (κ1) is 20.4. The molecule has 0 saturated heterocycles. The Kier molecular flexibility index (Phi) is 4.90. The van der Waals surface area contributed by atoms with E-state index >= 15 is 0 Å². The van der Waals surface area contributed by atoms with Crippen molar-refractivity contribution in [3.63, 3.8) is 0 Å². The lowest BCUT2D eigenvalue weighted by atomic mass is 9.49. The summed E-state index contributed by atoms with van der Waals surface area (Å²) in [6.07, 6.45) is 13.9. The van der Waals surface area contributed by atoms with E-state index in [0.29, 0.717) is 5.91 Å². The van der Waals surface area contributed by atoms with Crippen molar-refractivity contribution in [1.82, 2.24) is 14.5 Å². The summed E-state index contributed by atoms with van der Waals surface area (Å²) in [6.45, 7) is 5.86. The number of anilines is 1. The van der Waals surface area contributed by atoms with Gasteiger partial charge in [-0.25, -0.2) is 9.97 Å². The zero-order valence-electron chi connectivity index (χ0n) is 19.1. The van der Waals surface area contributed by atoms with Gasteiger partial charge in [-0.15, -0.1) is 0 Å². The number of hydrogen-bond donors (Lipinski definition) is 0. The highest BCUT2D eigenvalue weighted by atomic mass is 32.1. The lowest BCUT2D eigenvalue weighted by molar-refractivity contribution is -0.143. The van der Waals surface area contributed by atoms with Gasteiger partial charge < -0.3 is 4.57 Å². The van der Waals surface area contributed by atoms with E-state index < -0.39 is 0 Å². The molecule has 4 fully saturated rings. The number of carbonyl (C=O) groups is 1. The number of aryl methyl sites for hydroxylation is 3. The minimum absolute atomic E-state index is 0.147. The lowest BCUT2D eigenvalue weighted by Crippen LogP contribution is -2.55. The van der Waals surface area contributed by atoms with Gasteiger partial charge in [0.2, 0.25) is 5.91 Å². The molecule has 5 nitrogen and oxygen atoms in total. The number of nitrogens with zero attached hydrogens (tertiary/aromatic N) is 4. The maximum absolute atomic E-state index is 14.3. The van der Waals surface area contributed by atoms with Crippen LogP contribution >= 0.6 is 11.3 Å². The van der Waals surface area contributed by atoms with Crippen LogP contribution in [-0.4, -0.2) is 27.0 Å². The number of fused-ring (bicyclic) bond motifs is 1. The Morgan fingerprint density at radius 2 is 1.81 bits per heavy atom. The quantitative estimate of drug-likeness (QED) is 0.482. The number of aromatic nitrogens is 3. The van der Waals surface area contributed by atoms with Crippen molar-refractivity contribution in [2.75, 3.05) is 11.4 Å². The third-order valence-corrected chi connectivity index (χ3v) is 9.47. The molecule has 0 aliphatic heterocycles. The van der Waals surface area contributed by atoms with E-state index in [1.54, 1.807) is 11.3 Å². The molecular weight excluding hydrogens is 416 g/mol. The van der Waals surface area contributed by atoms with Crippen molar-refractivity contribution in [3.05, 3.63) is 42.0 Å². The van der Waals surface area contributed by atoms with Gasteiger partial charge >= 0.3 is 0 Å². The minimum Gasteiger partial charge on any atom is -0.337 e. The molecule has 4 bridgehead atoms. The summed E-state index contributed by atoms with van der Waals surface area (Å²) in [6, 6.07) is 4.31. The minimum atomic E-state index is -0.147. The van der Waals surface area contributed by atoms with Crippen LogP contribution in [-0.2, 0) is 11.3 Å². The van der Waals surface area contributed by atoms with Crippen LogP contribution in [0.3, 0.4) is 0 Å². The number of amides is 1. The second-order valence-electron chi connectivity index (χ2n) is 10.7. The predicted octanol–water partition coefficient (Wildman–Crippen LogP) is 5.75. The lowest BCUT2D eigenvalue weighted by Gasteiger charge is -2.56. The molecule has 2 aromatic heterocycles. The van der Waals surface area contributed by atoms with Crippen molar-refractivity contribution >= 4 is 32.6 Å². The molecule has 0 N–H and O–H groups in total. The summed E-state index contributed by atoms with van der Waals surface area (Å²) in [7, 11) is 0. The van der Waals surface area contributed by atoms with E-state index in [2.05, 4.69) is 40.4 Å². The van der Waals surface area contributed by atoms with Gasteiger partial charge in [-0.1, -0.05) is 23.5 Å². The smallest absolute Gasteiger partial charge is 0.235 e. The summed E-state index contributed by atoms with van der Waals surface area (Å²) in [5, 5.41) is 0.892. The summed E-state index contributed by atoms with van der Waals surface area (Å²) >= 11 is 1.70. The zero-order chi connectivity index (χ0) is 21.9. The Morgan fingerprint density at radius 1 is 1.12 bits per heavy atom. The molecule has 0 atom stereocenters. The van der Waals surface area contributed by atoms with Crippen LogP contribution < -0.4 is 4.90 Å². The molecular formula is C26H32N4OS. The van der Waals surface area contributed by atoms with Gasteiger partial charge in [0.1, 0.15) is 0 Å². The molecule has 7 rings (SSSR count). The molecule has 0 unspecified atom stereocenters. The topological polar surface area (TPSA) is 51.0 Å². The molecule has 32 heavy (non-hydrogen) atoms. The number of hydrogen-bond acceptors (Lipinski definition) is 4. The van der Waals surface area contributed by atoms with E-state index in [9.17, 15) is 4.79 Å². The summed E-state index contributed by atoms with van der Waals surface area (Å²) < 4.78 is 3.32. The first-order valence-corrected chi connectivity index (χ1v) is 13.0. The van der Waals surface area contributed by atoms with Gasteiger partial charge in [0.15, 0.2) is 5.13 Å². The van der Waals surface area contributed by atoms with E-state index in [1.165, 1.54) is 35.1 Å². The van der Waals surface area contributed by atoms with Crippen LogP contribution in [0.5, 0.6) is 0 Å². The molecule has 168 valence electrons. The Bertz CT molecular complexity index is 1070. The SMILES string of the molecule is Cc1ccc(C)c2sc(N(CCCn3ccnc3)C(=O)C34CC5CC(CC(C5)C3)C4)nc12. The van der Waals surface area contributed by atoms with E-state index in [-0.39, 0.29) is 5.41 Å². The maximum Gasteiger partial charge on any atom is 0.235 e. The molecule has 6 heteroatoms. The van der Waals surface area contributed by atoms with Crippen molar-refractivity contribution in [3.8, 4) is 0 Å². The number of benzene rings is 1. The fourth-order valence-corrected chi connectivity index (χ4v) is 8.27. The Balaban J connectivity index is 1.34. The molecule has 1 amide bonds. The third-order valence-electron chi connectivity index (χ3n) is 8.26. The number of thiazole rings is 1. The van der Waals surface area contributed by atoms with Crippen LogP contribution in [0, 0.1) is 37.0 Å². The highest BCUT2D eigenvalue weighted by molar-refractivity contribution is 7.22. The Labute approximate surface area is 193 Å². The average Bonchev–Trinajstić information content (AvgIpc) is 3.43.